The molecule has 0 aliphatic heterocycles. The van der Waals surface area contributed by atoms with Crippen molar-refractivity contribution >= 4 is 0 Å². The molecule has 1 rings (SSSR count). The molecule has 2 unspecified atom stereocenters. The quantitative estimate of drug-likeness (QED) is 0.756. The third kappa shape index (κ3) is 3.28. The lowest BCUT2D eigenvalue weighted by Crippen LogP contribution is -2.23. The summed E-state index contributed by atoms with van der Waals surface area (Å²) in [5.41, 5.74) is 1.11. The van der Waals surface area contributed by atoms with Crippen molar-refractivity contribution in [2.75, 3.05) is 20.8 Å². The molecular formula is C10H20N4O. The van der Waals surface area contributed by atoms with Gasteiger partial charge in [0.05, 0.1) is 17.9 Å². The molecule has 5 heteroatoms. The lowest BCUT2D eigenvalue weighted by molar-refractivity contribution is 0.149. The summed E-state index contributed by atoms with van der Waals surface area (Å²) >= 11 is 0. The van der Waals surface area contributed by atoms with Gasteiger partial charge < -0.3 is 10.1 Å². The number of aromatic nitrogens is 3. The minimum absolute atomic E-state index is 0.287. The van der Waals surface area contributed by atoms with Crippen LogP contribution in [0.5, 0.6) is 0 Å². The molecule has 0 radical (unpaired) electrons. The lowest BCUT2D eigenvalue weighted by Gasteiger charge is -2.19. The van der Waals surface area contributed by atoms with Gasteiger partial charge in [0, 0.05) is 20.8 Å². The summed E-state index contributed by atoms with van der Waals surface area (Å²) in [6, 6.07) is 0.287. The van der Waals surface area contributed by atoms with Gasteiger partial charge in [0.15, 0.2) is 0 Å². The molecule has 0 saturated heterocycles. The van der Waals surface area contributed by atoms with E-state index < -0.39 is 0 Å². The smallest absolute Gasteiger partial charge is 0.0753 e. The SMILES string of the molecule is CNC(CC(C)COC)c1cnnn1C. The van der Waals surface area contributed by atoms with Gasteiger partial charge in [-0.2, -0.15) is 0 Å². The highest BCUT2D eigenvalue weighted by molar-refractivity contribution is 5.01. The van der Waals surface area contributed by atoms with Crippen molar-refractivity contribution in [3.8, 4) is 0 Å². The Morgan fingerprint density at radius 2 is 2.33 bits per heavy atom. The van der Waals surface area contributed by atoms with Crippen molar-refractivity contribution in [1.29, 1.82) is 0 Å². The summed E-state index contributed by atoms with van der Waals surface area (Å²) in [5.74, 6) is 0.516. The molecule has 5 nitrogen and oxygen atoms in total. The number of hydrogen-bond donors (Lipinski definition) is 1. The van der Waals surface area contributed by atoms with Gasteiger partial charge in [0.1, 0.15) is 0 Å². The summed E-state index contributed by atoms with van der Waals surface area (Å²) in [7, 11) is 5.60. The van der Waals surface area contributed by atoms with Gasteiger partial charge in [0.25, 0.3) is 0 Å². The van der Waals surface area contributed by atoms with Crippen LogP contribution in [0.2, 0.25) is 0 Å². The van der Waals surface area contributed by atoms with Crippen LogP contribution in [0.4, 0.5) is 0 Å². The van der Waals surface area contributed by atoms with Crippen LogP contribution in [0.25, 0.3) is 0 Å². The van der Waals surface area contributed by atoms with E-state index in [1.807, 2.05) is 14.1 Å². The average Bonchev–Trinajstić information content (AvgIpc) is 2.61. The van der Waals surface area contributed by atoms with E-state index in [1.54, 1.807) is 18.0 Å². The molecule has 0 saturated carbocycles. The number of ether oxygens (including phenoxy) is 1. The van der Waals surface area contributed by atoms with Gasteiger partial charge in [-0.3, -0.25) is 4.68 Å². The first-order chi connectivity index (χ1) is 7.19. The first kappa shape index (κ1) is 12.1. The Bertz CT molecular complexity index is 287. The second kappa shape index (κ2) is 5.82. The molecule has 0 aromatic carbocycles. The number of nitrogens with zero attached hydrogens (tertiary/aromatic N) is 3. The van der Waals surface area contributed by atoms with E-state index in [-0.39, 0.29) is 6.04 Å². The van der Waals surface area contributed by atoms with E-state index in [0.29, 0.717) is 5.92 Å². The molecule has 0 bridgehead atoms. The van der Waals surface area contributed by atoms with E-state index in [2.05, 4.69) is 22.6 Å². The summed E-state index contributed by atoms with van der Waals surface area (Å²) in [6.07, 6.45) is 2.83. The maximum Gasteiger partial charge on any atom is 0.0753 e. The van der Waals surface area contributed by atoms with E-state index in [4.69, 9.17) is 4.74 Å². The van der Waals surface area contributed by atoms with Crippen LogP contribution in [0.1, 0.15) is 25.1 Å². The second-order valence-corrected chi connectivity index (χ2v) is 3.92. The molecule has 1 heterocycles. The highest BCUT2D eigenvalue weighted by atomic mass is 16.5. The van der Waals surface area contributed by atoms with Crippen molar-refractivity contribution in [3.05, 3.63) is 11.9 Å². The summed E-state index contributed by atoms with van der Waals surface area (Å²) in [6.45, 7) is 2.96. The third-order valence-corrected chi connectivity index (χ3v) is 2.54. The molecule has 0 aliphatic rings. The molecule has 1 N–H and O–H groups in total. The van der Waals surface area contributed by atoms with Crippen molar-refractivity contribution in [3.63, 3.8) is 0 Å². The zero-order valence-electron chi connectivity index (χ0n) is 9.90. The Balaban J connectivity index is 2.60. The molecule has 1 aromatic rings. The number of aryl methyl sites for hydroxylation is 1. The topological polar surface area (TPSA) is 52.0 Å². The molecular weight excluding hydrogens is 192 g/mol. The van der Waals surface area contributed by atoms with Gasteiger partial charge in [-0.1, -0.05) is 12.1 Å². The standard InChI is InChI=1S/C10H20N4O/c1-8(7-15-4)5-9(11-2)10-6-12-13-14(10)3/h6,8-9,11H,5,7H2,1-4H3. The van der Waals surface area contributed by atoms with E-state index in [0.717, 1.165) is 18.7 Å². The van der Waals surface area contributed by atoms with Crippen LogP contribution >= 0.6 is 0 Å². The third-order valence-electron chi connectivity index (χ3n) is 2.54. The van der Waals surface area contributed by atoms with Crippen molar-refractivity contribution in [2.24, 2.45) is 13.0 Å². The monoisotopic (exact) mass is 212 g/mol. The maximum atomic E-state index is 5.13. The molecule has 86 valence electrons. The summed E-state index contributed by atoms with van der Waals surface area (Å²) in [5, 5.41) is 11.1. The maximum absolute atomic E-state index is 5.13. The highest BCUT2D eigenvalue weighted by Crippen LogP contribution is 2.19. The Morgan fingerprint density at radius 3 is 2.80 bits per heavy atom. The van der Waals surface area contributed by atoms with Crippen molar-refractivity contribution in [2.45, 2.75) is 19.4 Å². The Morgan fingerprint density at radius 1 is 1.60 bits per heavy atom. The van der Waals surface area contributed by atoms with E-state index in [1.165, 1.54) is 0 Å². The molecule has 0 spiro atoms. The van der Waals surface area contributed by atoms with Gasteiger partial charge in [-0.05, 0) is 19.4 Å². The first-order valence-corrected chi connectivity index (χ1v) is 5.19. The van der Waals surface area contributed by atoms with E-state index in [9.17, 15) is 0 Å². The molecule has 0 aliphatic carbocycles. The zero-order chi connectivity index (χ0) is 11.3. The fraction of sp³-hybridized carbons (Fsp3) is 0.800. The molecule has 15 heavy (non-hydrogen) atoms. The molecule has 0 fully saturated rings. The first-order valence-electron chi connectivity index (χ1n) is 5.19. The van der Waals surface area contributed by atoms with Gasteiger partial charge in [0.2, 0.25) is 0 Å². The zero-order valence-corrected chi connectivity index (χ0v) is 9.90. The molecule has 2 atom stereocenters. The number of nitrogens with one attached hydrogen (secondary N) is 1. The van der Waals surface area contributed by atoms with Crippen LogP contribution in [0.15, 0.2) is 6.20 Å². The molecule has 1 aromatic heterocycles. The van der Waals surface area contributed by atoms with Crippen LogP contribution < -0.4 is 5.32 Å². The van der Waals surface area contributed by atoms with Gasteiger partial charge >= 0.3 is 0 Å². The van der Waals surface area contributed by atoms with Crippen LogP contribution in [-0.4, -0.2) is 35.8 Å². The van der Waals surface area contributed by atoms with Gasteiger partial charge in [-0.15, -0.1) is 5.10 Å². The lowest BCUT2D eigenvalue weighted by atomic mass is 10.0. The minimum atomic E-state index is 0.287. The average molecular weight is 212 g/mol. The van der Waals surface area contributed by atoms with Gasteiger partial charge in [-0.25, -0.2) is 0 Å². The fourth-order valence-corrected chi connectivity index (χ4v) is 1.75. The minimum Gasteiger partial charge on any atom is -0.384 e. The normalized spacial score (nSPS) is 15.2. The second-order valence-electron chi connectivity index (χ2n) is 3.92. The summed E-state index contributed by atoms with van der Waals surface area (Å²) < 4.78 is 6.94. The number of rotatable bonds is 6. The summed E-state index contributed by atoms with van der Waals surface area (Å²) in [4.78, 5) is 0. The van der Waals surface area contributed by atoms with E-state index >= 15 is 0 Å². The van der Waals surface area contributed by atoms with Crippen LogP contribution in [0.3, 0.4) is 0 Å². The van der Waals surface area contributed by atoms with Crippen molar-refractivity contribution < 1.29 is 4.74 Å². The molecule has 0 amide bonds. The highest BCUT2D eigenvalue weighted by Gasteiger charge is 2.16. The van der Waals surface area contributed by atoms with Crippen molar-refractivity contribution in [1.82, 2.24) is 20.3 Å². The largest absolute Gasteiger partial charge is 0.384 e. The fourth-order valence-electron chi connectivity index (χ4n) is 1.75. The predicted molar refractivity (Wildman–Crippen MR) is 58.5 cm³/mol. The van der Waals surface area contributed by atoms with Crippen LogP contribution in [0, 0.1) is 5.92 Å². The number of hydrogen-bond acceptors (Lipinski definition) is 4. The Kier molecular flexibility index (Phi) is 4.71. The Labute approximate surface area is 90.8 Å². The number of methoxy groups -OCH3 is 1. The van der Waals surface area contributed by atoms with Crippen LogP contribution in [-0.2, 0) is 11.8 Å². The predicted octanol–water partition coefficient (Wildman–Crippen LogP) is 0.748. The Hall–Kier alpha value is -0.940.